The minimum Gasteiger partial charge on any atom is -0.326 e. The molecule has 0 radical (unpaired) electrons. The third-order valence-electron chi connectivity index (χ3n) is 2.61. The molecule has 0 bridgehead atoms. The molecule has 2 rings (SSSR count). The highest BCUT2D eigenvalue weighted by atomic mass is 14.5. The normalized spacial score (nSPS) is 10.7. The van der Waals surface area contributed by atoms with Crippen molar-refractivity contribution in [1.29, 1.82) is 0 Å². The largest absolute Gasteiger partial charge is 0.326 e. The van der Waals surface area contributed by atoms with Crippen LogP contribution in [0.3, 0.4) is 0 Å². The minimum absolute atomic E-state index is 0.617. The molecule has 1 heteroatoms. The van der Waals surface area contributed by atoms with Gasteiger partial charge in [-0.05, 0) is 34.4 Å². The predicted octanol–water partition coefficient (Wildman–Crippen LogP) is 2.86. The first kappa shape index (κ1) is 9.22. The van der Waals surface area contributed by atoms with Crippen molar-refractivity contribution in [3.05, 3.63) is 47.5 Å². The molecule has 0 spiro atoms. The molecule has 0 aliphatic carbocycles. The molecule has 0 fully saturated rings. The second kappa shape index (κ2) is 3.81. The summed E-state index contributed by atoms with van der Waals surface area (Å²) in [6, 6.07) is 13.0. The number of hydrogen-bond acceptors (Lipinski definition) is 1. The second-order valence-corrected chi connectivity index (χ2v) is 3.57. The fraction of sp³-hybridized carbons (Fsp3) is 0.231. The smallest absolute Gasteiger partial charge is 0.0178 e. The van der Waals surface area contributed by atoms with Gasteiger partial charge in [0.25, 0.3) is 0 Å². The van der Waals surface area contributed by atoms with Crippen molar-refractivity contribution in [2.75, 3.05) is 0 Å². The maximum atomic E-state index is 5.61. The van der Waals surface area contributed by atoms with E-state index in [0.717, 1.165) is 6.42 Å². The summed E-state index contributed by atoms with van der Waals surface area (Å²) in [4.78, 5) is 0. The number of aryl methyl sites for hydroxylation is 1. The first-order valence-electron chi connectivity index (χ1n) is 5.05. The summed E-state index contributed by atoms with van der Waals surface area (Å²) < 4.78 is 0. The highest BCUT2D eigenvalue weighted by Gasteiger charge is 1.96. The van der Waals surface area contributed by atoms with Crippen LogP contribution in [0.25, 0.3) is 10.8 Å². The van der Waals surface area contributed by atoms with Crippen LogP contribution in [-0.2, 0) is 13.0 Å². The van der Waals surface area contributed by atoms with Gasteiger partial charge in [0, 0.05) is 6.54 Å². The summed E-state index contributed by atoms with van der Waals surface area (Å²) >= 11 is 0. The van der Waals surface area contributed by atoms with E-state index in [1.54, 1.807) is 0 Å². The summed E-state index contributed by atoms with van der Waals surface area (Å²) in [5.41, 5.74) is 8.19. The van der Waals surface area contributed by atoms with E-state index in [0.29, 0.717) is 6.54 Å². The molecule has 72 valence electrons. The van der Waals surface area contributed by atoms with Crippen LogP contribution < -0.4 is 5.73 Å². The van der Waals surface area contributed by atoms with Gasteiger partial charge in [0.2, 0.25) is 0 Å². The van der Waals surface area contributed by atoms with Crippen molar-refractivity contribution in [2.24, 2.45) is 5.73 Å². The SMILES string of the molecule is CCc1ccc2ccc(CN)cc2c1. The van der Waals surface area contributed by atoms with Gasteiger partial charge in [-0.25, -0.2) is 0 Å². The Bertz CT molecular complexity index is 407. The van der Waals surface area contributed by atoms with Gasteiger partial charge in [0.15, 0.2) is 0 Å². The quantitative estimate of drug-likeness (QED) is 0.765. The molecule has 0 aliphatic rings. The fourth-order valence-electron chi connectivity index (χ4n) is 1.69. The summed E-state index contributed by atoms with van der Waals surface area (Å²) in [5, 5.41) is 2.59. The monoisotopic (exact) mass is 185 g/mol. The van der Waals surface area contributed by atoms with Crippen LogP contribution in [-0.4, -0.2) is 0 Å². The first-order chi connectivity index (χ1) is 6.83. The van der Waals surface area contributed by atoms with Gasteiger partial charge in [0.05, 0.1) is 0 Å². The Hall–Kier alpha value is -1.34. The molecule has 2 aromatic rings. The molecule has 0 amide bonds. The molecule has 0 aliphatic heterocycles. The van der Waals surface area contributed by atoms with Crippen molar-refractivity contribution < 1.29 is 0 Å². The van der Waals surface area contributed by atoms with Crippen molar-refractivity contribution in [2.45, 2.75) is 19.9 Å². The lowest BCUT2D eigenvalue weighted by Crippen LogP contribution is -1.95. The van der Waals surface area contributed by atoms with Gasteiger partial charge in [-0.1, -0.05) is 37.3 Å². The molecular formula is C13H15N. The fourth-order valence-corrected chi connectivity index (χ4v) is 1.69. The summed E-state index contributed by atoms with van der Waals surface area (Å²) in [7, 11) is 0. The van der Waals surface area contributed by atoms with Crippen molar-refractivity contribution in [3.8, 4) is 0 Å². The van der Waals surface area contributed by atoms with Crippen LogP contribution in [0.5, 0.6) is 0 Å². The van der Waals surface area contributed by atoms with Crippen molar-refractivity contribution in [1.82, 2.24) is 0 Å². The first-order valence-corrected chi connectivity index (χ1v) is 5.05. The number of fused-ring (bicyclic) bond motifs is 1. The zero-order chi connectivity index (χ0) is 9.97. The lowest BCUT2D eigenvalue weighted by Gasteiger charge is -2.03. The van der Waals surface area contributed by atoms with Crippen LogP contribution in [0.1, 0.15) is 18.1 Å². The summed E-state index contributed by atoms with van der Waals surface area (Å²) in [6.45, 7) is 2.79. The third kappa shape index (κ3) is 1.64. The Morgan fingerprint density at radius 2 is 1.57 bits per heavy atom. The highest BCUT2D eigenvalue weighted by Crippen LogP contribution is 2.18. The Morgan fingerprint density at radius 1 is 0.929 bits per heavy atom. The van der Waals surface area contributed by atoms with Gasteiger partial charge < -0.3 is 5.73 Å². The van der Waals surface area contributed by atoms with E-state index >= 15 is 0 Å². The highest BCUT2D eigenvalue weighted by molar-refractivity contribution is 5.83. The van der Waals surface area contributed by atoms with E-state index in [4.69, 9.17) is 5.73 Å². The molecule has 2 aromatic carbocycles. The lowest BCUT2D eigenvalue weighted by molar-refractivity contribution is 1.07. The molecule has 0 saturated carbocycles. The molecule has 14 heavy (non-hydrogen) atoms. The molecule has 0 atom stereocenters. The van der Waals surface area contributed by atoms with Gasteiger partial charge in [-0.15, -0.1) is 0 Å². The minimum atomic E-state index is 0.617. The maximum absolute atomic E-state index is 5.61. The Balaban J connectivity index is 2.60. The molecule has 0 heterocycles. The standard InChI is InChI=1S/C13H15N/c1-2-10-3-5-12-6-4-11(9-14)8-13(12)7-10/h3-8H,2,9,14H2,1H3. The summed E-state index contributed by atoms with van der Waals surface area (Å²) in [6.07, 6.45) is 1.09. The van der Waals surface area contributed by atoms with E-state index in [1.165, 1.54) is 21.9 Å². The van der Waals surface area contributed by atoms with Gasteiger partial charge >= 0.3 is 0 Å². The van der Waals surface area contributed by atoms with E-state index in [9.17, 15) is 0 Å². The van der Waals surface area contributed by atoms with Crippen LogP contribution in [0, 0.1) is 0 Å². The third-order valence-corrected chi connectivity index (χ3v) is 2.61. The number of rotatable bonds is 2. The maximum Gasteiger partial charge on any atom is 0.0178 e. The van der Waals surface area contributed by atoms with Crippen molar-refractivity contribution in [3.63, 3.8) is 0 Å². The molecule has 0 saturated heterocycles. The molecule has 0 unspecified atom stereocenters. The number of hydrogen-bond donors (Lipinski definition) is 1. The second-order valence-electron chi connectivity index (χ2n) is 3.57. The van der Waals surface area contributed by atoms with Crippen LogP contribution >= 0.6 is 0 Å². The predicted molar refractivity (Wildman–Crippen MR) is 61.2 cm³/mol. The molecular weight excluding hydrogens is 170 g/mol. The average Bonchev–Trinajstić information content (AvgIpc) is 2.27. The molecule has 0 aromatic heterocycles. The van der Waals surface area contributed by atoms with Crippen molar-refractivity contribution >= 4 is 10.8 Å². The van der Waals surface area contributed by atoms with Gasteiger partial charge in [-0.2, -0.15) is 0 Å². The van der Waals surface area contributed by atoms with Crippen LogP contribution in [0.2, 0.25) is 0 Å². The van der Waals surface area contributed by atoms with E-state index in [-0.39, 0.29) is 0 Å². The number of nitrogens with two attached hydrogens (primary N) is 1. The zero-order valence-electron chi connectivity index (χ0n) is 8.46. The Labute approximate surface area is 84.5 Å². The van der Waals surface area contributed by atoms with Gasteiger partial charge in [0.1, 0.15) is 0 Å². The van der Waals surface area contributed by atoms with E-state index < -0.39 is 0 Å². The number of benzene rings is 2. The molecule has 1 nitrogen and oxygen atoms in total. The molecule has 2 N–H and O–H groups in total. The zero-order valence-corrected chi connectivity index (χ0v) is 8.46. The van der Waals surface area contributed by atoms with Gasteiger partial charge in [-0.3, -0.25) is 0 Å². The van der Waals surface area contributed by atoms with Crippen LogP contribution in [0.4, 0.5) is 0 Å². The van der Waals surface area contributed by atoms with E-state index in [2.05, 4.69) is 43.3 Å². The lowest BCUT2D eigenvalue weighted by atomic mass is 10.0. The van der Waals surface area contributed by atoms with E-state index in [1.807, 2.05) is 0 Å². The Kier molecular flexibility index (Phi) is 2.51. The average molecular weight is 185 g/mol. The topological polar surface area (TPSA) is 26.0 Å². The summed E-state index contributed by atoms with van der Waals surface area (Å²) in [5.74, 6) is 0. The van der Waals surface area contributed by atoms with Crippen LogP contribution in [0.15, 0.2) is 36.4 Å². The Morgan fingerprint density at radius 3 is 2.21 bits per heavy atom.